The lowest BCUT2D eigenvalue weighted by Crippen LogP contribution is -2.22. The van der Waals surface area contributed by atoms with Crippen molar-refractivity contribution in [2.24, 2.45) is 0 Å². The molecule has 0 amide bonds. The van der Waals surface area contributed by atoms with Crippen LogP contribution in [-0.4, -0.2) is 48.7 Å². The zero-order valence-corrected chi connectivity index (χ0v) is 32.9. The average molecular weight is 713 g/mol. The summed E-state index contributed by atoms with van der Waals surface area (Å²) in [6.07, 6.45) is 3.82. The number of rotatable bonds is 16. The molecule has 2 heterocycles. The molecule has 1 aliphatic carbocycles. The normalized spacial score (nSPS) is 13.4. The molecule has 0 saturated carbocycles. The van der Waals surface area contributed by atoms with Crippen LogP contribution in [0.25, 0.3) is 33.5 Å². The largest absolute Gasteiger partial charge is 0.486 e. The average Bonchev–Trinajstić information content (AvgIpc) is 3.77. The maximum Gasteiger partial charge on any atom is 0.165 e. The van der Waals surface area contributed by atoms with Crippen molar-refractivity contribution in [3.05, 3.63) is 89.0 Å². The monoisotopic (exact) mass is 712 g/mol. The number of ether oxygens (including phenoxy) is 3. The molecule has 0 spiro atoms. The van der Waals surface area contributed by atoms with E-state index in [0.717, 1.165) is 94.7 Å². The molecule has 0 aliphatic heterocycles. The number of hydrogen-bond donors (Lipinski definition) is 0. The molecule has 0 bridgehead atoms. The van der Waals surface area contributed by atoms with Crippen molar-refractivity contribution in [1.29, 1.82) is 0 Å². The summed E-state index contributed by atoms with van der Waals surface area (Å²) in [6.45, 7) is 18.9. The van der Waals surface area contributed by atoms with Gasteiger partial charge in [0.15, 0.2) is 17.4 Å². The maximum absolute atomic E-state index is 15.6. The lowest BCUT2D eigenvalue weighted by Gasteiger charge is -2.16. The Labute approximate surface area is 298 Å². The van der Waals surface area contributed by atoms with Crippen LogP contribution >= 0.6 is 0 Å². The number of hydrogen-bond acceptors (Lipinski definition) is 5. The van der Waals surface area contributed by atoms with E-state index in [1.165, 1.54) is 5.69 Å². The van der Waals surface area contributed by atoms with Crippen molar-refractivity contribution in [1.82, 2.24) is 19.3 Å². The highest BCUT2D eigenvalue weighted by Gasteiger charge is 2.26. The number of imidazole rings is 1. The highest BCUT2D eigenvalue weighted by atomic mass is 28.3. The highest BCUT2D eigenvalue weighted by molar-refractivity contribution is 6.76. The van der Waals surface area contributed by atoms with Gasteiger partial charge in [0.2, 0.25) is 0 Å². The van der Waals surface area contributed by atoms with Crippen LogP contribution in [-0.2, 0) is 48.8 Å². The summed E-state index contributed by atoms with van der Waals surface area (Å²) in [6, 6.07) is 21.8. The summed E-state index contributed by atoms with van der Waals surface area (Å²) in [7, 11) is -2.47. The van der Waals surface area contributed by atoms with Crippen molar-refractivity contribution in [3.8, 4) is 28.4 Å². The summed E-state index contributed by atoms with van der Waals surface area (Å²) < 4.78 is 38.3. The molecule has 266 valence electrons. The Morgan fingerprint density at radius 1 is 0.840 bits per heavy atom. The number of halogens is 1. The lowest BCUT2D eigenvalue weighted by atomic mass is 9.96. The van der Waals surface area contributed by atoms with Gasteiger partial charge in [0.1, 0.15) is 25.8 Å². The first-order chi connectivity index (χ1) is 23.9. The molecule has 0 fully saturated rings. The van der Waals surface area contributed by atoms with Crippen LogP contribution in [0.15, 0.2) is 60.7 Å². The first-order valence-electron chi connectivity index (χ1n) is 18.1. The molecule has 3 aromatic carbocycles. The van der Waals surface area contributed by atoms with E-state index in [1.54, 1.807) is 6.07 Å². The Hall–Kier alpha value is -3.58. The van der Waals surface area contributed by atoms with E-state index in [0.29, 0.717) is 26.7 Å². The number of nitrogens with zero attached hydrogens (tertiary/aromatic N) is 4. The molecule has 7 nitrogen and oxygen atoms in total. The van der Waals surface area contributed by atoms with E-state index in [9.17, 15) is 0 Å². The number of aryl methyl sites for hydroxylation is 2. The van der Waals surface area contributed by atoms with Crippen LogP contribution in [0.5, 0.6) is 5.75 Å². The van der Waals surface area contributed by atoms with Gasteiger partial charge in [-0.25, -0.2) is 14.1 Å². The minimum atomic E-state index is -1.26. The van der Waals surface area contributed by atoms with Crippen molar-refractivity contribution < 1.29 is 18.6 Å². The quantitative estimate of drug-likeness (QED) is 0.0753. The Kier molecular flexibility index (Phi) is 11.1. The Bertz CT molecular complexity index is 1930. The number of benzene rings is 3. The van der Waals surface area contributed by atoms with E-state index in [-0.39, 0.29) is 11.6 Å². The second-order valence-corrected chi connectivity index (χ2v) is 27.2. The number of fused-ring (bicyclic) bond motifs is 2. The molecule has 50 heavy (non-hydrogen) atoms. The fourth-order valence-corrected chi connectivity index (χ4v) is 7.94. The van der Waals surface area contributed by atoms with Crippen LogP contribution in [0.4, 0.5) is 4.39 Å². The predicted molar refractivity (Wildman–Crippen MR) is 207 cm³/mol. The second-order valence-electron chi connectivity index (χ2n) is 16.0. The predicted octanol–water partition coefficient (Wildman–Crippen LogP) is 9.96. The third-order valence-electron chi connectivity index (χ3n) is 9.46. The van der Waals surface area contributed by atoms with E-state index >= 15 is 4.39 Å². The Morgan fingerprint density at radius 3 is 2.26 bits per heavy atom. The molecule has 0 atom stereocenters. The van der Waals surface area contributed by atoms with Gasteiger partial charge in [0.05, 0.1) is 11.2 Å². The van der Waals surface area contributed by atoms with Gasteiger partial charge in [-0.2, -0.15) is 5.10 Å². The molecule has 5 aromatic rings. The summed E-state index contributed by atoms with van der Waals surface area (Å²) in [5.41, 5.74) is 7.98. The van der Waals surface area contributed by atoms with Gasteiger partial charge in [-0.3, -0.25) is 0 Å². The van der Waals surface area contributed by atoms with Crippen LogP contribution in [0.2, 0.25) is 51.4 Å². The minimum absolute atomic E-state index is 0.269. The Balaban J connectivity index is 1.36. The molecule has 2 aromatic heterocycles. The van der Waals surface area contributed by atoms with Crippen LogP contribution in [0.1, 0.15) is 35.9 Å². The fourth-order valence-electron chi connectivity index (χ4n) is 6.43. The second kappa shape index (κ2) is 15.3. The van der Waals surface area contributed by atoms with Gasteiger partial charge in [-0.05, 0) is 84.3 Å². The van der Waals surface area contributed by atoms with Crippen molar-refractivity contribution in [3.63, 3.8) is 0 Å². The standard InChI is InChI=1S/C40H53FN4O3Si2/c1-8-30-24-38(48-26-29-13-10-9-11-14-29)34(41)25-33(30)31-17-18-32-37(23-31)45(28-47-20-22-50(5,6)7)43-39(32)40-42-35-15-12-16-36(35)44(40)27-46-19-21-49(2,3)4/h9-11,13-14,17-18,23-25H,8,12,15-16,19-22,26-28H2,1-7H3. The third kappa shape index (κ3) is 8.65. The van der Waals surface area contributed by atoms with Gasteiger partial charge >= 0.3 is 0 Å². The topological polar surface area (TPSA) is 63.3 Å². The summed E-state index contributed by atoms with van der Waals surface area (Å²) >= 11 is 0. The maximum atomic E-state index is 15.6. The Morgan fingerprint density at radius 2 is 1.56 bits per heavy atom. The molecule has 6 rings (SSSR count). The third-order valence-corrected chi connectivity index (χ3v) is 12.9. The fraction of sp³-hybridized carbons (Fsp3) is 0.450. The highest BCUT2D eigenvalue weighted by Crippen LogP contribution is 2.37. The first-order valence-corrected chi connectivity index (χ1v) is 25.6. The molecule has 1 aliphatic rings. The van der Waals surface area contributed by atoms with Crippen LogP contribution in [0.3, 0.4) is 0 Å². The zero-order valence-electron chi connectivity index (χ0n) is 30.9. The molecule has 0 radical (unpaired) electrons. The molecule has 0 unspecified atom stereocenters. The molecule has 0 N–H and O–H groups in total. The SMILES string of the molecule is CCc1cc(OCc2ccccc2)c(F)cc1-c1ccc2c(-c3nc4c(n3COCC[Si](C)(C)C)CCC4)nn(COCC[Si](C)(C)C)c2c1. The molecule has 0 saturated heterocycles. The van der Waals surface area contributed by atoms with E-state index < -0.39 is 16.1 Å². The molecular weight excluding hydrogens is 660 g/mol. The molecule has 10 heteroatoms. The van der Waals surface area contributed by atoms with Gasteiger partial charge in [-0.15, -0.1) is 0 Å². The summed E-state index contributed by atoms with van der Waals surface area (Å²) in [5, 5.41) is 6.17. The van der Waals surface area contributed by atoms with Crippen molar-refractivity contribution >= 4 is 27.1 Å². The zero-order chi connectivity index (χ0) is 35.5. The van der Waals surface area contributed by atoms with Crippen molar-refractivity contribution in [2.75, 3.05) is 13.2 Å². The number of aromatic nitrogens is 4. The van der Waals surface area contributed by atoms with Gasteiger partial charge in [0, 0.05) is 40.4 Å². The van der Waals surface area contributed by atoms with Gasteiger partial charge in [0.25, 0.3) is 0 Å². The van der Waals surface area contributed by atoms with Crippen LogP contribution < -0.4 is 4.74 Å². The lowest BCUT2D eigenvalue weighted by molar-refractivity contribution is 0.0815. The van der Waals surface area contributed by atoms with Gasteiger partial charge < -0.3 is 18.8 Å². The minimum Gasteiger partial charge on any atom is -0.486 e. The van der Waals surface area contributed by atoms with Gasteiger partial charge in [-0.1, -0.05) is 82.6 Å². The van der Waals surface area contributed by atoms with Crippen molar-refractivity contribution in [2.45, 2.75) is 104 Å². The smallest absolute Gasteiger partial charge is 0.165 e. The van der Waals surface area contributed by atoms with Crippen LogP contribution in [0, 0.1) is 5.82 Å². The van der Waals surface area contributed by atoms with E-state index in [4.69, 9.17) is 24.3 Å². The van der Waals surface area contributed by atoms with E-state index in [1.807, 2.05) is 41.1 Å². The molecular formula is C40H53FN4O3Si2. The summed E-state index contributed by atoms with van der Waals surface area (Å²) in [4.78, 5) is 5.17. The summed E-state index contributed by atoms with van der Waals surface area (Å²) in [5.74, 6) is 0.745. The van der Waals surface area contributed by atoms with E-state index in [2.05, 4.69) is 69.0 Å². The first kappa shape index (κ1) is 36.2.